The summed E-state index contributed by atoms with van der Waals surface area (Å²) in [5.74, 6) is 0.318. The van der Waals surface area contributed by atoms with Gasteiger partial charge in [-0.1, -0.05) is 32.4 Å². The van der Waals surface area contributed by atoms with Crippen LogP contribution in [0.25, 0.3) is 5.69 Å². The number of aromatic nitrogens is 4. The Balaban J connectivity index is 1.72. The summed E-state index contributed by atoms with van der Waals surface area (Å²) in [6.07, 6.45) is 5.92. The fraction of sp³-hybridized carbons (Fsp3) is 0.333. The van der Waals surface area contributed by atoms with E-state index in [9.17, 15) is 9.59 Å². The first-order chi connectivity index (χ1) is 13.9. The second-order valence-corrected chi connectivity index (χ2v) is 7.06. The van der Waals surface area contributed by atoms with Gasteiger partial charge >= 0.3 is 6.09 Å². The van der Waals surface area contributed by atoms with Gasteiger partial charge in [0.25, 0.3) is 0 Å². The summed E-state index contributed by atoms with van der Waals surface area (Å²) >= 11 is 0. The number of carbonyl (C=O) groups is 1. The number of aryl methyl sites for hydroxylation is 1. The Bertz CT molecular complexity index is 1040. The molecule has 2 heterocycles. The van der Waals surface area contributed by atoms with E-state index in [1.54, 1.807) is 27.8 Å². The fourth-order valence-electron chi connectivity index (χ4n) is 2.68. The van der Waals surface area contributed by atoms with Crippen LogP contribution < -0.4 is 10.7 Å². The summed E-state index contributed by atoms with van der Waals surface area (Å²) in [4.78, 5) is 24.2. The number of nitrogens with one attached hydrogen (secondary N) is 1. The molecule has 2 aromatic heterocycles. The Morgan fingerprint density at radius 2 is 2.14 bits per heavy atom. The van der Waals surface area contributed by atoms with Gasteiger partial charge in [0.1, 0.15) is 11.4 Å². The molecule has 0 saturated heterocycles. The number of ether oxygens (including phenoxy) is 1. The average Bonchev–Trinajstić information content (AvgIpc) is 3.14. The maximum atomic E-state index is 12.3. The van der Waals surface area contributed by atoms with E-state index >= 15 is 0 Å². The van der Waals surface area contributed by atoms with Crippen LogP contribution in [-0.4, -0.2) is 32.3 Å². The third kappa shape index (κ3) is 5.54. The van der Waals surface area contributed by atoms with Crippen molar-refractivity contribution in [3.63, 3.8) is 0 Å². The smallest absolute Gasteiger partial charge is 0.411 e. The van der Waals surface area contributed by atoms with Crippen LogP contribution >= 0.6 is 0 Å². The first-order valence-corrected chi connectivity index (χ1v) is 9.55. The Morgan fingerprint density at radius 3 is 2.86 bits per heavy atom. The summed E-state index contributed by atoms with van der Waals surface area (Å²) in [7, 11) is 1.82. The van der Waals surface area contributed by atoms with Crippen molar-refractivity contribution in [1.82, 2.24) is 19.6 Å². The molecule has 1 atom stereocenters. The lowest BCUT2D eigenvalue weighted by atomic mass is 10.1. The van der Waals surface area contributed by atoms with Crippen molar-refractivity contribution in [3.8, 4) is 5.69 Å². The van der Waals surface area contributed by atoms with E-state index in [0.717, 1.165) is 17.7 Å². The molecule has 0 radical (unpaired) electrons. The first-order valence-electron chi connectivity index (χ1n) is 9.55. The number of amides is 1. The molecule has 1 amide bonds. The molecule has 8 nitrogen and oxygen atoms in total. The zero-order valence-electron chi connectivity index (χ0n) is 16.8. The number of benzene rings is 1. The van der Waals surface area contributed by atoms with E-state index in [1.807, 2.05) is 38.4 Å². The molecule has 0 saturated carbocycles. The zero-order valence-corrected chi connectivity index (χ0v) is 16.8. The minimum Gasteiger partial charge on any atom is -0.449 e. The Morgan fingerprint density at radius 1 is 1.31 bits per heavy atom. The molecule has 0 aliphatic heterocycles. The van der Waals surface area contributed by atoms with Gasteiger partial charge in [-0.3, -0.25) is 14.8 Å². The lowest BCUT2D eigenvalue weighted by Gasteiger charge is -2.11. The van der Waals surface area contributed by atoms with Crippen molar-refractivity contribution in [3.05, 3.63) is 70.4 Å². The van der Waals surface area contributed by atoms with E-state index in [0.29, 0.717) is 30.3 Å². The van der Waals surface area contributed by atoms with Crippen LogP contribution in [0.15, 0.2) is 53.7 Å². The third-order valence-corrected chi connectivity index (χ3v) is 4.58. The lowest BCUT2D eigenvalue weighted by Crippen LogP contribution is -2.18. The van der Waals surface area contributed by atoms with Gasteiger partial charge in [-0.05, 0) is 23.6 Å². The number of hydrogen-bond acceptors (Lipinski definition) is 5. The van der Waals surface area contributed by atoms with Gasteiger partial charge in [0.2, 0.25) is 5.43 Å². The number of nitrogens with zero attached hydrogens (tertiary/aromatic N) is 4. The molecule has 3 aromatic rings. The van der Waals surface area contributed by atoms with E-state index < -0.39 is 6.09 Å². The molecular formula is C21H25N5O3. The molecule has 0 aliphatic rings. The second-order valence-electron chi connectivity index (χ2n) is 7.06. The van der Waals surface area contributed by atoms with Gasteiger partial charge < -0.3 is 4.74 Å². The molecule has 1 N–H and O–H groups in total. The van der Waals surface area contributed by atoms with Crippen LogP contribution in [-0.2, 0) is 18.2 Å². The highest BCUT2D eigenvalue weighted by molar-refractivity contribution is 5.84. The van der Waals surface area contributed by atoms with Crippen molar-refractivity contribution >= 4 is 11.8 Å². The second kappa shape index (κ2) is 9.18. The number of anilines is 1. The Hall–Kier alpha value is -3.42. The molecule has 0 spiro atoms. The van der Waals surface area contributed by atoms with Crippen LogP contribution in [0.2, 0.25) is 0 Å². The first kappa shape index (κ1) is 20.3. The minimum atomic E-state index is -0.487. The highest BCUT2D eigenvalue weighted by Gasteiger charge is 2.09. The summed E-state index contributed by atoms with van der Waals surface area (Å²) in [6.45, 7) is 4.46. The predicted octanol–water partition coefficient (Wildman–Crippen LogP) is 3.15. The van der Waals surface area contributed by atoms with Crippen molar-refractivity contribution < 1.29 is 9.53 Å². The molecule has 0 fully saturated rings. The van der Waals surface area contributed by atoms with E-state index in [4.69, 9.17) is 4.74 Å². The highest BCUT2D eigenvalue weighted by atomic mass is 16.5. The summed E-state index contributed by atoms with van der Waals surface area (Å²) in [5.41, 5.74) is 2.51. The van der Waals surface area contributed by atoms with Crippen LogP contribution in [0, 0.1) is 5.92 Å². The molecule has 29 heavy (non-hydrogen) atoms. The zero-order chi connectivity index (χ0) is 20.8. The van der Waals surface area contributed by atoms with Crippen LogP contribution in [0.4, 0.5) is 10.5 Å². The normalized spacial score (nSPS) is 11.8. The van der Waals surface area contributed by atoms with Crippen LogP contribution in [0.1, 0.15) is 31.5 Å². The summed E-state index contributed by atoms with van der Waals surface area (Å²) < 4.78 is 8.51. The van der Waals surface area contributed by atoms with Gasteiger partial charge in [0, 0.05) is 31.4 Å². The third-order valence-electron chi connectivity index (χ3n) is 4.58. The van der Waals surface area contributed by atoms with Crippen molar-refractivity contribution in [2.45, 2.75) is 26.7 Å². The SMILES string of the molecule is CCC(C)COC(=O)Nc1cccc(Cc2nn(-c3cnn(C)c3)ccc2=O)c1. The monoisotopic (exact) mass is 395 g/mol. The van der Waals surface area contributed by atoms with E-state index in [2.05, 4.69) is 22.4 Å². The molecule has 1 aromatic carbocycles. The molecule has 8 heteroatoms. The van der Waals surface area contributed by atoms with Crippen molar-refractivity contribution in [2.24, 2.45) is 13.0 Å². The molecule has 152 valence electrons. The standard InChI is InChI=1S/C21H25N5O3/c1-4-15(2)14-29-21(28)23-17-7-5-6-16(10-17)11-19-20(27)8-9-26(24-19)18-12-22-25(3)13-18/h5-10,12-13,15H,4,11,14H2,1-3H3,(H,23,28). The summed E-state index contributed by atoms with van der Waals surface area (Å²) in [5, 5.41) is 11.3. The molecule has 0 bridgehead atoms. The summed E-state index contributed by atoms with van der Waals surface area (Å²) in [6, 6.07) is 8.79. The predicted molar refractivity (Wildman–Crippen MR) is 110 cm³/mol. The van der Waals surface area contributed by atoms with E-state index in [1.165, 1.54) is 6.07 Å². The van der Waals surface area contributed by atoms with Gasteiger partial charge in [0.05, 0.1) is 19.0 Å². The Labute approximate surface area is 169 Å². The molecule has 1 unspecified atom stereocenters. The van der Waals surface area contributed by atoms with Crippen molar-refractivity contribution in [2.75, 3.05) is 11.9 Å². The lowest BCUT2D eigenvalue weighted by molar-refractivity contribution is 0.143. The molecule has 3 rings (SSSR count). The largest absolute Gasteiger partial charge is 0.449 e. The van der Waals surface area contributed by atoms with Gasteiger partial charge in [-0.15, -0.1) is 0 Å². The minimum absolute atomic E-state index is 0.142. The number of carbonyl (C=O) groups excluding carboxylic acids is 1. The van der Waals surface area contributed by atoms with Gasteiger partial charge in [-0.2, -0.15) is 10.2 Å². The molecule has 0 aliphatic carbocycles. The molecular weight excluding hydrogens is 370 g/mol. The number of hydrogen-bond donors (Lipinski definition) is 1. The van der Waals surface area contributed by atoms with Crippen LogP contribution in [0.3, 0.4) is 0 Å². The van der Waals surface area contributed by atoms with Crippen LogP contribution in [0.5, 0.6) is 0 Å². The fourth-order valence-corrected chi connectivity index (χ4v) is 2.68. The Kier molecular flexibility index (Phi) is 6.43. The van der Waals surface area contributed by atoms with E-state index in [-0.39, 0.29) is 5.43 Å². The average molecular weight is 395 g/mol. The quantitative estimate of drug-likeness (QED) is 0.664. The topological polar surface area (TPSA) is 91.0 Å². The maximum absolute atomic E-state index is 12.3. The number of rotatable bonds is 7. The maximum Gasteiger partial charge on any atom is 0.411 e. The van der Waals surface area contributed by atoms with Gasteiger partial charge in [-0.25, -0.2) is 9.48 Å². The van der Waals surface area contributed by atoms with Crippen molar-refractivity contribution in [1.29, 1.82) is 0 Å². The van der Waals surface area contributed by atoms with Gasteiger partial charge in [0.15, 0.2) is 0 Å². The highest BCUT2D eigenvalue weighted by Crippen LogP contribution is 2.14.